The average Bonchev–Trinajstić information content (AvgIpc) is 2.20. The van der Waals surface area contributed by atoms with Crippen molar-refractivity contribution in [2.45, 2.75) is 12.5 Å². The second-order valence-electron chi connectivity index (χ2n) is 3.02. The van der Waals surface area contributed by atoms with Gasteiger partial charge in [0.1, 0.15) is 6.04 Å². The number of carboxylic acid groups (broad SMARTS) is 1. The highest BCUT2D eigenvalue weighted by Gasteiger charge is 2.18. The van der Waals surface area contributed by atoms with Gasteiger partial charge in [-0.25, -0.2) is 9.59 Å². The van der Waals surface area contributed by atoms with Crippen LogP contribution in [0.5, 0.6) is 0 Å². The van der Waals surface area contributed by atoms with Gasteiger partial charge in [-0.3, -0.25) is 0 Å². The van der Waals surface area contributed by atoms with E-state index in [9.17, 15) is 9.59 Å². The van der Waals surface area contributed by atoms with E-state index in [4.69, 9.17) is 5.11 Å². The van der Waals surface area contributed by atoms with E-state index in [-0.39, 0.29) is 6.54 Å². The molecule has 3 N–H and O–H groups in total. The third-order valence-corrected chi connectivity index (χ3v) is 2.58. The van der Waals surface area contributed by atoms with Crippen molar-refractivity contribution in [2.24, 2.45) is 0 Å². The van der Waals surface area contributed by atoms with E-state index in [2.05, 4.69) is 33.1 Å². The first-order valence-corrected chi connectivity index (χ1v) is 6.75. The highest BCUT2D eigenvalue weighted by atomic mass is 79.9. The summed E-state index contributed by atoms with van der Waals surface area (Å²) in [5, 5.41) is 13.7. The van der Waals surface area contributed by atoms with Crippen LogP contribution in [0.4, 0.5) is 4.79 Å². The first-order valence-electron chi connectivity index (χ1n) is 4.56. The van der Waals surface area contributed by atoms with Crippen molar-refractivity contribution in [3.63, 3.8) is 0 Å². The number of nitrogens with one attached hydrogen (secondary N) is 2. The van der Waals surface area contributed by atoms with Crippen LogP contribution < -0.4 is 10.6 Å². The summed E-state index contributed by atoms with van der Waals surface area (Å²) in [4.78, 5) is 22.1. The summed E-state index contributed by atoms with van der Waals surface area (Å²) in [6, 6.07) is -1.36. The van der Waals surface area contributed by atoms with Crippen LogP contribution in [0.2, 0.25) is 0 Å². The van der Waals surface area contributed by atoms with Gasteiger partial charge < -0.3 is 15.7 Å². The molecular weight excluding hydrogens is 296 g/mol. The van der Waals surface area contributed by atoms with Crippen LogP contribution >= 0.6 is 27.7 Å². The third kappa shape index (κ3) is 7.58. The Labute approximate surface area is 107 Å². The molecule has 0 unspecified atom stereocenters. The summed E-state index contributed by atoms with van der Waals surface area (Å²) in [7, 11) is 0. The molecule has 0 aromatic rings. The maximum absolute atomic E-state index is 11.3. The smallest absolute Gasteiger partial charge is 0.326 e. The van der Waals surface area contributed by atoms with E-state index in [0.29, 0.717) is 16.7 Å². The average molecular weight is 311 g/mol. The minimum atomic E-state index is -1.03. The molecule has 0 rings (SSSR count). The lowest BCUT2D eigenvalue weighted by Gasteiger charge is -2.14. The summed E-state index contributed by atoms with van der Waals surface area (Å²) in [5.74, 6) is -0.343. The minimum Gasteiger partial charge on any atom is -0.480 e. The van der Waals surface area contributed by atoms with E-state index in [1.54, 1.807) is 0 Å². The molecule has 0 aromatic heterocycles. The monoisotopic (exact) mass is 310 g/mol. The van der Waals surface area contributed by atoms with Gasteiger partial charge in [-0.05, 0) is 18.4 Å². The Balaban J connectivity index is 4.02. The van der Waals surface area contributed by atoms with Crippen LogP contribution in [-0.2, 0) is 4.79 Å². The zero-order chi connectivity index (χ0) is 12.6. The number of carbonyl (C=O) groups is 2. The molecule has 16 heavy (non-hydrogen) atoms. The molecule has 0 spiro atoms. The van der Waals surface area contributed by atoms with Crippen molar-refractivity contribution in [3.05, 3.63) is 11.1 Å². The molecule has 92 valence electrons. The van der Waals surface area contributed by atoms with Crippen molar-refractivity contribution in [1.29, 1.82) is 0 Å². The number of carbonyl (C=O) groups excluding carboxylic acids is 1. The topological polar surface area (TPSA) is 78.4 Å². The van der Waals surface area contributed by atoms with Gasteiger partial charge in [-0.1, -0.05) is 22.5 Å². The van der Waals surface area contributed by atoms with Crippen molar-refractivity contribution in [2.75, 3.05) is 18.6 Å². The Morgan fingerprint density at radius 1 is 1.56 bits per heavy atom. The number of hydrogen-bond acceptors (Lipinski definition) is 3. The van der Waals surface area contributed by atoms with Crippen molar-refractivity contribution >= 4 is 39.7 Å². The van der Waals surface area contributed by atoms with Gasteiger partial charge in [0.15, 0.2) is 0 Å². The van der Waals surface area contributed by atoms with Crippen LogP contribution in [-0.4, -0.2) is 41.7 Å². The van der Waals surface area contributed by atoms with E-state index >= 15 is 0 Å². The molecule has 0 aliphatic heterocycles. The van der Waals surface area contributed by atoms with Gasteiger partial charge in [-0.15, -0.1) is 0 Å². The number of carboxylic acids is 1. The van der Waals surface area contributed by atoms with Crippen LogP contribution in [0, 0.1) is 0 Å². The summed E-state index contributed by atoms with van der Waals surface area (Å²) in [6.45, 7) is 3.81. The molecule has 0 fully saturated rings. The highest BCUT2D eigenvalue weighted by Crippen LogP contribution is 2.01. The molecule has 0 aromatic carbocycles. The van der Waals surface area contributed by atoms with Gasteiger partial charge >= 0.3 is 12.0 Å². The number of rotatable bonds is 7. The Hall–Kier alpha value is -0.690. The van der Waals surface area contributed by atoms with Gasteiger partial charge in [0.2, 0.25) is 0 Å². The minimum absolute atomic E-state index is 0.265. The Bertz CT molecular complexity index is 273. The fraction of sp³-hybridized carbons (Fsp3) is 0.556. The van der Waals surface area contributed by atoms with Crippen LogP contribution in [0.25, 0.3) is 0 Å². The van der Waals surface area contributed by atoms with E-state index in [0.717, 1.165) is 0 Å². The van der Waals surface area contributed by atoms with Gasteiger partial charge in [0, 0.05) is 4.48 Å². The summed E-state index contributed by atoms with van der Waals surface area (Å²) >= 11 is 4.62. The highest BCUT2D eigenvalue weighted by molar-refractivity contribution is 9.11. The molecule has 0 radical (unpaired) electrons. The fourth-order valence-electron chi connectivity index (χ4n) is 0.879. The Kier molecular flexibility index (Phi) is 8.10. The molecule has 0 heterocycles. The fourth-order valence-corrected chi connectivity index (χ4v) is 1.49. The van der Waals surface area contributed by atoms with Gasteiger partial charge in [0.25, 0.3) is 0 Å². The summed E-state index contributed by atoms with van der Waals surface area (Å²) in [6.07, 6.45) is 2.28. The van der Waals surface area contributed by atoms with Crippen LogP contribution in [0.3, 0.4) is 0 Å². The standard InChI is InChI=1S/C9H15BrN2O3S/c1-6(10)5-11-9(15)12-7(8(13)14)3-4-16-2/h7H,1,3-5H2,2H3,(H,13,14)(H2,11,12,15)/t7-/m1/s1. The summed E-state index contributed by atoms with van der Waals surface area (Å²) in [5.41, 5.74) is 0. The normalized spacial score (nSPS) is 11.6. The van der Waals surface area contributed by atoms with Crippen LogP contribution in [0.1, 0.15) is 6.42 Å². The lowest BCUT2D eigenvalue weighted by atomic mass is 10.2. The Morgan fingerprint density at radius 3 is 2.62 bits per heavy atom. The zero-order valence-electron chi connectivity index (χ0n) is 8.96. The zero-order valence-corrected chi connectivity index (χ0v) is 11.4. The van der Waals surface area contributed by atoms with Gasteiger partial charge in [-0.2, -0.15) is 11.8 Å². The number of hydrogen-bond donors (Lipinski definition) is 3. The van der Waals surface area contributed by atoms with Crippen LogP contribution in [0.15, 0.2) is 11.1 Å². The molecule has 7 heteroatoms. The first kappa shape index (κ1) is 15.3. The lowest BCUT2D eigenvalue weighted by molar-refractivity contribution is -0.139. The predicted octanol–water partition coefficient (Wildman–Crippen LogP) is 1.40. The maximum Gasteiger partial charge on any atom is 0.326 e. The largest absolute Gasteiger partial charge is 0.480 e. The molecule has 0 bridgehead atoms. The second-order valence-corrected chi connectivity index (χ2v) is 5.12. The molecule has 0 saturated heterocycles. The second kappa shape index (κ2) is 8.46. The number of thioether (sulfide) groups is 1. The van der Waals surface area contributed by atoms with E-state index in [1.807, 2.05) is 6.26 Å². The van der Waals surface area contributed by atoms with E-state index < -0.39 is 18.0 Å². The molecule has 2 amide bonds. The SMILES string of the molecule is C=C(Br)CNC(=O)N[C@H](CCSC)C(=O)O. The summed E-state index contributed by atoms with van der Waals surface area (Å²) < 4.78 is 0.624. The number of halogens is 1. The molecule has 5 nitrogen and oxygen atoms in total. The quantitative estimate of drug-likeness (QED) is 0.664. The van der Waals surface area contributed by atoms with E-state index in [1.165, 1.54) is 11.8 Å². The molecule has 0 aliphatic rings. The molecule has 1 atom stereocenters. The van der Waals surface area contributed by atoms with Crippen molar-refractivity contribution < 1.29 is 14.7 Å². The van der Waals surface area contributed by atoms with Crippen molar-refractivity contribution in [3.8, 4) is 0 Å². The number of aliphatic carboxylic acids is 1. The third-order valence-electron chi connectivity index (χ3n) is 1.65. The lowest BCUT2D eigenvalue weighted by Crippen LogP contribution is -2.46. The number of urea groups is 1. The van der Waals surface area contributed by atoms with Crippen molar-refractivity contribution in [1.82, 2.24) is 10.6 Å². The molecule has 0 saturated carbocycles. The first-order chi connectivity index (χ1) is 7.47. The Morgan fingerprint density at radius 2 is 2.19 bits per heavy atom. The molecular formula is C9H15BrN2O3S. The maximum atomic E-state index is 11.3. The number of amides is 2. The molecule has 0 aliphatic carbocycles. The predicted molar refractivity (Wildman–Crippen MR) is 69.0 cm³/mol. The van der Waals surface area contributed by atoms with Gasteiger partial charge in [0.05, 0.1) is 6.54 Å².